The Balaban J connectivity index is 2.32. The smallest absolute Gasteiger partial charge is 0.410 e. The summed E-state index contributed by atoms with van der Waals surface area (Å²) >= 11 is 0. The van der Waals surface area contributed by atoms with Gasteiger partial charge in [-0.1, -0.05) is 6.08 Å². The molecule has 0 fully saturated rings. The largest absolute Gasteiger partial charge is 0.444 e. The number of benzene rings is 1. The van der Waals surface area contributed by atoms with Gasteiger partial charge in [0.1, 0.15) is 5.60 Å². The monoisotopic (exact) mass is 358 g/mol. The number of nitrogens with zero attached hydrogens (tertiary/aromatic N) is 2. The fourth-order valence-electron chi connectivity index (χ4n) is 2.42. The summed E-state index contributed by atoms with van der Waals surface area (Å²) in [5.41, 5.74) is -1.99. The van der Waals surface area contributed by atoms with Gasteiger partial charge in [-0.05, 0) is 32.8 Å². The summed E-state index contributed by atoms with van der Waals surface area (Å²) in [5, 5.41) is 11.0. The van der Waals surface area contributed by atoms with Gasteiger partial charge in [0.2, 0.25) is 0 Å². The molecule has 1 aromatic carbocycles. The molecule has 0 saturated heterocycles. The van der Waals surface area contributed by atoms with Crippen LogP contribution in [0.15, 0.2) is 12.1 Å². The molecule has 0 atom stereocenters. The summed E-state index contributed by atoms with van der Waals surface area (Å²) in [7, 11) is 0. The number of halogens is 3. The van der Waals surface area contributed by atoms with Crippen LogP contribution in [0.1, 0.15) is 32.8 Å². The highest BCUT2D eigenvalue weighted by Crippen LogP contribution is 2.35. The molecule has 0 aromatic heterocycles. The molecule has 1 aliphatic rings. The van der Waals surface area contributed by atoms with E-state index < -0.39 is 45.3 Å². The molecule has 0 radical (unpaired) electrons. The van der Waals surface area contributed by atoms with Crippen LogP contribution < -0.4 is 0 Å². The first-order chi connectivity index (χ1) is 11.5. The number of hydrogen-bond donors (Lipinski definition) is 0. The third-order valence-corrected chi connectivity index (χ3v) is 3.52. The number of carbonyl (C=O) groups is 1. The van der Waals surface area contributed by atoms with Crippen molar-refractivity contribution in [1.29, 1.82) is 0 Å². The molecule has 6 nitrogen and oxygen atoms in total. The molecule has 136 valence electrons. The number of amides is 1. The van der Waals surface area contributed by atoms with Crippen LogP contribution in [0.4, 0.5) is 23.7 Å². The highest BCUT2D eigenvalue weighted by atomic mass is 19.2. The van der Waals surface area contributed by atoms with E-state index in [-0.39, 0.29) is 25.1 Å². The van der Waals surface area contributed by atoms with E-state index in [0.29, 0.717) is 6.07 Å². The van der Waals surface area contributed by atoms with Gasteiger partial charge in [-0.3, -0.25) is 10.1 Å². The summed E-state index contributed by atoms with van der Waals surface area (Å²) in [6.45, 7) is 5.23. The maximum absolute atomic E-state index is 14.1. The second-order valence-corrected chi connectivity index (χ2v) is 6.54. The highest BCUT2D eigenvalue weighted by molar-refractivity contribution is 5.76. The van der Waals surface area contributed by atoms with Crippen LogP contribution in [0.25, 0.3) is 5.57 Å². The lowest BCUT2D eigenvalue weighted by Gasteiger charge is -2.29. The van der Waals surface area contributed by atoms with Crippen molar-refractivity contribution in [3.63, 3.8) is 0 Å². The van der Waals surface area contributed by atoms with Gasteiger partial charge in [-0.15, -0.1) is 0 Å². The Morgan fingerprint density at radius 2 is 1.92 bits per heavy atom. The molecule has 1 aliphatic heterocycles. The lowest BCUT2D eigenvalue weighted by Crippen LogP contribution is -2.39. The Morgan fingerprint density at radius 3 is 2.40 bits per heavy atom. The zero-order valence-corrected chi connectivity index (χ0v) is 13.9. The van der Waals surface area contributed by atoms with Crippen molar-refractivity contribution in [3.05, 3.63) is 45.3 Å². The van der Waals surface area contributed by atoms with Gasteiger partial charge in [0, 0.05) is 13.1 Å². The maximum Gasteiger partial charge on any atom is 0.410 e. The van der Waals surface area contributed by atoms with Crippen molar-refractivity contribution < 1.29 is 27.6 Å². The van der Waals surface area contributed by atoms with Gasteiger partial charge in [0.05, 0.1) is 16.6 Å². The first-order valence-corrected chi connectivity index (χ1v) is 7.50. The van der Waals surface area contributed by atoms with Gasteiger partial charge in [-0.2, -0.15) is 0 Å². The minimum atomic E-state index is -1.77. The van der Waals surface area contributed by atoms with E-state index in [9.17, 15) is 28.1 Å². The molecule has 1 heterocycles. The number of nitro groups is 1. The number of hydrogen-bond acceptors (Lipinski definition) is 4. The van der Waals surface area contributed by atoms with Crippen LogP contribution in [0, 0.1) is 27.6 Å². The number of rotatable bonds is 2. The molecular weight excluding hydrogens is 341 g/mol. The fraction of sp³-hybridized carbons (Fsp3) is 0.438. The molecule has 25 heavy (non-hydrogen) atoms. The van der Waals surface area contributed by atoms with Gasteiger partial charge in [0.25, 0.3) is 5.69 Å². The van der Waals surface area contributed by atoms with Crippen molar-refractivity contribution in [1.82, 2.24) is 4.90 Å². The summed E-state index contributed by atoms with van der Waals surface area (Å²) in [4.78, 5) is 23.4. The molecule has 2 rings (SSSR count). The fourth-order valence-corrected chi connectivity index (χ4v) is 2.42. The van der Waals surface area contributed by atoms with E-state index in [1.54, 1.807) is 20.8 Å². The number of nitro benzene ring substituents is 1. The van der Waals surface area contributed by atoms with E-state index in [4.69, 9.17) is 4.74 Å². The van der Waals surface area contributed by atoms with Crippen molar-refractivity contribution in [2.24, 2.45) is 0 Å². The van der Waals surface area contributed by atoms with Gasteiger partial charge >= 0.3 is 6.09 Å². The predicted octanol–water partition coefficient (Wildman–Crippen LogP) is 4.04. The Morgan fingerprint density at radius 1 is 1.28 bits per heavy atom. The molecule has 1 amide bonds. The number of ether oxygens (including phenoxy) is 1. The Kier molecular flexibility index (Phi) is 5.05. The molecule has 0 spiro atoms. The van der Waals surface area contributed by atoms with Crippen molar-refractivity contribution in [2.45, 2.75) is 32.8 Å². The van der Waals surface area contributed by atoms with Crippen molar-refractivity contribution >= 4 is 17.4 Å². The first kappa shape index (κ1) is 18.8. The maximum atomic E-state index is 14.1. The minimum absolute atomic E-state index is 0.0137. The summed E-state index contributed by atoms with van der Waals surface area (Å²) in [6, 6.07) is 0.356. The van der Waals surface area contributed by atoms with Crippen LogP contribution >= 0.6 is 0 Å². The second-order valence-electron chi connectivity index (χ2n) is 6.54. The van der Waals surface area contributed by atoms with Crippen molar-refractivity contribution in [2.75, 3.05) is 13.1 Å². The Bertz CT molecular complexity index is 757. The lowest BCUT2D eigenvalue weighted by atomic mass is 9.97. The molecular formula is C16H17F3N2O4. The van der Waals surface area contributed by atoms with Crippen LogP contribution in [-0.2, 0) is 4.74 Å². The lowest BCUT2D eigenvalue weighted by molar-refractivity contribution is -0.385. The molecule has 0 N–H and O–H groups in total. The number of carbonyl (C=O) groups excluding carboxylic acids is 1. The van der Waals surface area contributed by atoms with Crippen LogP contribution in [0.3, 0.4) is 0 Å². The van der Waals surface area contributed by atoms with E-state index in [2.05, 4.69) is 0 Å². The summed E-state index contributed by atoms with van der Waals surface area (Å²) in [6.07, 6.45) is 0.834. The highest BCUT2D eigenvalue weighted by Gasteiger charge is 2.31. The quantitative estimate of drug-likeness (QED) is 0.454. The van der Waals surface area contributed by atoms with E-state index in [1.165, 1.54) is 11.0 Å². The Hall–Kier alpha value is -2.58. The molecule has 0 bridgehead atoms. The van der Waals surface area contributed by atoms with Gasteiger partial charge < -0.3 is 9.64 Å². The minimum Gasteiger partial charge on any atom is -0.444 e. The van der Waals surface area contributed by atoms with Crippen molar-refractivity contribution in [3.8, 4) is 0 Å². The zero-order chi connectivity index (χ0) is 18.9. The summed E-state index contributed by atoms with van der Waals surface area (Å²) < 4.78 is 46.0. The standard InChI is InChI=1S/C16H17F3N2O4/c1-16(2,3)25-15(22)20-6-4-9(5-7-20)12-11(21(23)24)8-10(17)13(18)14(12)19/h4,8H,5-7H2,1-3H3. The van der Waals surface area contributed by atoms with Crippen LogP contribution in [0.2, 0.25) is 0 Å². The van der Waals surface area contributed by atoms with E-state index in [1.807, 2.05) is 0 Å². The second kappa shape index (κ2) is 6.73. The molecule has 0 unspecified atom stereocenters. The third kappa shape index (κ3) is 4.09. The predicted molar refractivity (Wildman–Crippen MR) is 83.4 cm³/mol. The molecule has 0 saturated carbocycles. The van der Waals surface area contributed by atoms with E-state index in [0.717, 1.165) is 0 Å². The molecule has 1 aromatic rings. The van der Waals surface area contributed by atoms with Gasteiger partial charge in [0.15, 0.2) is 17.5 Å². The molecule has 0 aliphatic carbocycles. The molecule has 9 heteroatoms. The third-order valence-electron chi connectivity index (χ3n) is 3.52. The first-order valence-electron chi connectivity index (χ1n) is 7.50. The summed E-state index contributed by atoms with van der Waals surface area (Å²) in [5.74, 6) is -5.00. The van der Waals surface area contributed by atoms with Gasteiger partial charge in [-0.25, -0.2) is 18.0 Å². The average molecular weight is 358 g/mol. The van der Waals surface area contributed by atoms with Crippen LogP contribution in [0.5, 0.6) is 0 Å². The van der Waals surface area contributed by atoms with E-state index >= 15 is 0 Å². The Labute approximate surface area is 142 Å². The zero-order valence-electron chi connectivity index (χ0n) is 13.9. The topological polar surface area (TPSA) is 72.7 Å². The average Bonchev–Trinajstić information content (AvgIpc) is 2.50. The normalized spacial score (nSPS) is 15.0. The SMILES string of the molecule is CC(C)(C)OC(=O)N1CC=C(c2c([N+](=O)[O-])cc(F)c(F)c2F)CC1. The van der Waals surface area contributed by atoms with Crippen LogP contribution in [-0.4, -0.2) is 34.6 Å².